The van der Waals surface area contributed by atoms with Crippen LogP contribution in [-0.2, 0) is 10.6 Å². The SMILES string of the molecule is Cc1ccnc(C(O)(O)C(=O)O)c1. The summed E-state index contributed by atoms with van der Waals surface area (Å²) in [7, 11) is 0. The molecular formula is C8H9NO4. The summed E-state index contributed by atoms with van der Waals surface area (Å²) in [5, 5.41) is 26.6. The lowest BCUT2D eigenvalue weighted by Gasteiger charge is -2.15. The maximum atomic E-state index is 10.4. The number of pyridine rings is 1. The smallest absolute Gasteiger partial charge is 0.370 e. The van der Waals surface area contributed by atoms with Crippen LogP contribution in [0.25, 0.3) is 0 Å². The van der Waals surface area contributed by atoms with E-state index in [1.807, 2.05) is 0 Å². The van der Waals surface area contributed by atoms with Gasteiger partial charge >= 0.3 is 11.8 Å². The topological polar surface area (TPSA) is 90.7 Å². The lowest BCUT2D eigenvalue weighted by molar-refractivity contribution is -0.209. The number of carbonyl (C=O) groups is 1. The Morgan fingerprint density at radius 2 is 2.15 bits per heavy atom. The fourth-order valence-electron chi connectivity index (χ4n) is 0.836. The van der Waals surface area contributed by atoms with Crippen molar-refractivity contribution in [2.24, 2.45) is 0 Å². The number of aromatic nitrogens is 1. The summed E-state index contributed by atoms with van der Waals surface area (Å²) >= 11 is 0. The Bertz CT molecular complexity index is 335. The Balaban J connectivity index is 3.14. The third kappa shape index (κ3) is 1.82. The van der Waals surface area contributed by atoms with Crippen LogP contribution in [0.15, 0.2) is 18.3 Å². The van der Waals surface area contributed by atoms with Gasteiger partial charge in [-0.15, -0.1) is 0 Å². The van der Waals surface area contributed by atoms with Gasteiger partial charge in [-0.1, -0.05) is 0 Å². The normalized spacial score (nSPS) is 11.3. The fourth-order valence-corrected chi connectivity index (χ4v) is 0.836. The van der Waals surface area contributed by atoms with Crippen molar-refractivity contribution in [2.75, 3.05) is 0 Å². The number of aryl methyl sites for hydroxylation is 1. The molecule has 0 unspecified atom stereocenters. The molecule has 0 atom stereocenters. The molecule has 1 aromatic heterocycles. The number of nitrogens with zero attached hydrogens (tertiary/aromatic N) is 1. The minimum absolute atomic E-state index is 0.292. The van der Waals surface area contributed by atoms with Gasteiger partial charge in [0, 0.05) is 6.20 Å². The number of aliphatic carboxylic acids is 1. The number of aliphatic hydroxyl groups is 2. The zero-order chi connectivity index (χ0) is 10.1. The standard InChI is InChI=1S/C8H9NO4/c1-5-2-3-9-6(4-5)8(12,13)7(10)11/h2-4,12-13H,1H3,(H,10,11). The summed E-state index contributed by atoms with van der Waals surface area (Å²) < 4.78 is 0. The molecule has 3 N–H and O–H groups in total. The third-order valence-electron chi connectivity index (χ3n) is 1.57. The number of hydrogen-bond donors (Lipinski definition) is 3. The molecule has 0 fully saturated rings. The molecule has 70 valence electrons. The first-order chi connectivity index (χ1) is 5.94. The van der Waals surface area contributed by atoms with Crippen molar-refractivity contribution in [3.8, 4) is 0 Å². The van der Waals surface area contributed by atoms with Crippen molar-refractivity contribution in [3.05, 3.63) is 29.6 Å². The predicted octanol–water partition coefficient (Wildman–Crippen LogP) is -0.388. The van der Waals surface area contributed by atoms with E-state index in [0.29, 0.717) is 5.56 Å². The molecule has 0 radical (unpaired) electrons. The average molecular weight is 183 g/mol. The monoisotopic (exact) mass is 183 g/mol. The van der Waals surface area contributed by atoms with E-state index in [0.717, 1.165) is 0 Å². The first-order valence-electron chi connectivity index (χ1n) is 3.56. The van der Waals surface area contributed by atoms with Crippen molar-refractivity contribution in [1.82, 2.24) is 4.98 Å². The summed E-state index contributed by atoms with van der Waals surface area (Å²) in [6, 6.07) is 2.93. The molecule has 13 heavy (non-hydrogen) atoms. The van der Waals surface area contributed by atoms with Gasteiger partial charge in [0.05, 0.1) is 0 Å². The fraction of sp³-hybridized carbons (Fsp3) is 0.250. The molecule has 0 bridgehead atoms. The second kappa shape index (κ2) is 3.12. The van der Waals surface area contributed by atoms with Gasteiger partial charge in [0.1, 0.15) is 5.69 Å². The van der Waals surface area contributed by atoms with E-state index in [1.54, 1.807) is 13.0 Å². The minimum Gasteiger partial charge on any atom is -0.477 e. The van der Waals surface area contributed by atoms with E-state index in [1.165, 1.54) is 12.3 Å². The van der Waals surface area contributed by atoms with E-state index in [2.05, 4.69) is 4.98 Å². The van der Waals surface area contributed by atoms with Crippen LogP contribution in [0.5, 0.6) is 0 Å². The molecule has 1 aromatic rings. The average Bonchev–Trinajstić information content (AvgIpc) is 2.04. The zero-order valence-corrected chi connectivity index (χ0v) is 6.93. The lowest BCUT2D eigenvalue weighted by atomic mass is 10.1. The van der Waals surface area contributed by atoms with E-state index in [9.17, 15) is 4.79 Å². The molecule has 1 rings (SSSR count). The van der Waals surface area contributed by atoms with Crippen LogP contribution in [-0.4, -0.2) is 26.3 Å². The van der Waals surface area contributed by atoms with Crippen molar-refractivity contribution in [3.63, 3.8) is 0 Å². The number of rotatable bonds is 2. The van der Waals surface area contributed by atoms with Gasteiger partial charge in [0.2, 0.25) is 0 Å². The molecule has 5 nitrogen and oxygen atoms in total. The quantitative estimate of drug-likeness (QED) is 0.543. The maximum absolute atomic E-state index is 10.4. The van der Waals surface area contributed by atoms with Crippen LogP contribution < -0.4 is 0 Å². The second-order valence-electron chi connectivity index (χ2n) is 2.70. The van der Waals surface area contributed by atoms with Crippen molar-refractivity contribution < 1.29 is 20.1 Å². The Hall–Kier alpha value is -1.46. The van der Waals surface area contributed by atoms with Crippen LogP contribution in [0.2, 0.25) is 0 Å². The largest absolute Gasteiger partial charge is 0.477 e. The maximum Gasteiger partial charge on any atom is 0.370 e. The first kappa shape index (κ1) is 9.63. The van der Waals surface area contributed by atoms with E-state index < -0.39 is 11.8 Å². The van der Waals surface area contributed by atoms with E-state index >= 15 is 0 Å². The molecule has 1 heterocycles. The molecule has 0 spiro atoms. The third-order valence-corrected chi connectivity index (χ3v) is 1.57. The number of carboxylic acid groups (broad SMARTS) is 1. The lowest BCUT2D eigenvalue weighted by Crippen LogP contribution is -2.36. The van der Waals surface area contributed by atoms with Gasteiger partial charge in [-0.3, -0.25) is 4.98 Å². The van der Waals surface area contributed by atoms with Crippen LogP contribution in [0, 0.1) is 6.92 Å². The minimum atomic E-state index is -2.91. The molecule has 0 saturated heterocycles. The summed E-state index contributed by atoms with van der Waals surface area (Å²) in [5.74, 6) is -4.66. The molecular weight excluding hydrogens is 174 g/mol. The van der Waals surface area contributed by atoms with E-state index in [-0.39, 0.29) is 5.69 Å². The highest BCUT2D eigenvalue weighted by atomic mass is 16.5. The number of carboxylic acids is 1. The van der Waals surface area contributed by atoms with Crippen molar-refractivity contribution in [2.45, 2.75) is 12.7 Å². The highest BCUT2D eigenvalue weighted by Crippen LogP contribution is 2.16. The Kier molecular flexibility index (Phi) is 2.31. The zero-order valence-electron chi connectivity index (χ0n) is 6.93. The second-order valence-corrected chi connectivity index (χ2v) is 2.70. The van der Waals surface area contributed by atoms with Gasteiger partial charge in [0.25, 0.3) is 0 Å². The molecule has 0 amide bonds. The molecule has 0 aliphatic rings. The van der Waals surface area contributed by atoms with Gasteiger partial charge in [-0.05, 0) is 24.6 Å². The van der Waals surface area contributed by atoms with Crippen LogP contribution >= 0.6 is 0 Å². The Morgan fingerprint density at radius 3 is 2.62 bits per heavy atom. The molecule has 0 aromatic carbocycles. The highest BCUT2D eigenvalue weighted by molar-refractivity contribution is 5.76. The predicted molar refractivity (Wildman–Crippen MR) is 42.7 cm³/mol. The van der Waals surface area contributed by atoms with Gasteiger partial charge in [-0.2, -0.15) is 0 Å². The van der Waals surface area contributed by atoms with Gasteiger partial charge in [0.15, 0.2) is 0 Å². The first-order valence-corrected chi connectivity index (χ1v) is 3.56. The van der Waals surface area contributed by atoms with Gasteiger partial charge in [-0.25, -0.2) is 4.79 Å². The summed E-state index contributed by atoms with van der Waals surface area (Å²) in [4.78, 5) is 13.9. The summed E-state index contributed by atoms with van der Waals surface area (Å²) in [5.41, 5.74) is 0.415. The van der Waals surface area contributed by atoms with Crippen molar-refractivity contribution >= 4 is 5.97 Å². The summed E-state index contributed by atoms with van der Waals surface area (Å²) in [6.45, 7) is 1.70. The van der Waals surface area contributed by atoms with E-state index in [4.69, 9.17) is 15.3 Å². The van der Waals surface area contributed by atoms with Crippen LogP contribution in [0.4, 0.5) is 0 Å². The van der Waals surface area contributed by atoms with Gasteiger partial charge < -0.3 is 15.3 Å². The van der Waals surface area contributed by atoms with Crippen LogP contribution in [0.3, 0.4) is 0 Å². The molecule has 0 aliphatic heterocycles. The molecule has 0 aliphatic carbocycles. The summed E-state index contributed by atoms with van der Waals surface area (Å²) in [6.07, 6.45) is 1.31. The number of hydrogen-bond acceptors (Lipinski definition) is 4. The molecule has 0 saturated carbocycles. The molecule has 5 heteroatoms. The Morgan fingerprint density at radius 1 is 1.54 bits per heavy atom. The highest BCUT2D eigenvalue weighted by Gasteiger charge is 2.37. The Labute approximate surface area is 74.3 Å². The van der Waals surface area contributed by atoms with Crippen molar-refractivity contribution in [1.29, 1.82) is 0 Å². The van der Waals surface area contributed by atoms with Crippen LogP contribution in [0.1, 0.15) is 11.3 Å².